The maximum absolute atomic E-state index is 13.1. The number of piperidine rings is 1. The summed E-state index contributed by atoms with van der Waals surface area (Å²) in [7, 11) is 0. The molecule has 0 spiro atoms. The van der Waals surface area contributed by atoms with Crippen molar-refractivity contribution in [3.8, 4) is 11.1 Å². The third-order valence-corrected chi connectivity index (χ3v) is 5.07. The Morgan fingerprint density at radius 1 is 1.26 bits per heavy atom. The molecular formula is C22H25N3O2. The molecule has 1 aliphatic rings. The van der Waals surface area contributed by atoms with E-state index in [1.807, 2.05) is 64.3 Å². The number of carbonyl (C=O) groups is 1. The lowest BCUT2D eigenvalue weighted by Gasteiger charge is -2.32. The third-order valence-electron chi connectivity index (χ3n) is 5.07. The van der Waals surface area contributed by atoms with Crippen LogP contribution in [0, 0.1) is 0 Å². The average molecular weight is 363 g/mol. The summed E-state index contributed by atoms with van der Waals surface area (Å²) in [6.45, 7) is 4.35. The first-order chi connectivity index (χ1) is 13.3. The second-order valence-corrected chi connectivity index (χ2v) is 7.06. The molecule has 4 rings (SSSR count). The van der Waals surface area contributed by atoms with Gasteiger partial charge in [0.25, 0.3) is 5.91 Å². The molecule has 140 valence electrons. The van der Waals surface area contributed by atoms with Crippen molar-refractivity contribution in [1.29, 1.82) is 0 Å². The fraction of sp³-hybridized carbons (Fsp3) is 0.364. The highest BCUT2D eigenvalue weighted by molar-refractivity contribution is 5.96. The highest BCUT2D eigenvalue weighted by Gasteiger charge is 2.25. The summed E-state index contributed by atoms with van der Waals surface area (Å²) in [5.74, 6) is 0.0816. The number of aromatic nitrogens is 2. The monoisotopic (exact) mass is 363 g/mol. The molecule has 5 nitrogen and oxygen atoms in total. The van der Waals surface area contributed by atoms with Crippen LogP contribution in [0.3, 0.4) is 0 Å². The lowest BCUT2D eigenvalue weighted by molar-refractivity contribution is 0.00211. The van der Waals surface area contributed by atoms with E-state index < -0.39 is 0 Å². The smallest absolute Gasteiger partial charge is 0.253 e. The van der Waals surface area contributed by atoms with Crippen molar-refractivity contribution in [2.75, 3.05) is 19.7 Å². The second-order valence-electron chi connectivity index (χ2n) is 7.06. The van der Waals surface area contributed by atoms with Crippen LogP contribution in [0.4, 0.5) is 0 Å². The van der Waals surface area contributed by atoms with Crippen LogP contribution in [0.25, 0.3) is 16.6 Å². The Hall–Kier alpha value is -2.66. The van der Waals surface area contributed by atoms with E-state index in [1.54, 1.807) is 0 Å². The topological polar surface area (TPSA) is 46.8 Å². The first-order valence-corrected chi connectivity index (χ1v) is 9.70. The van der Waals surface area contributed by atoms with E-state index in [0.29, 0.717) is 6.54 Å². The Morgan fingerprint density at radius 2 is 2.19 bits per heavy atom. The Labute approximate surface area is 159 Å². The molecule has 1 fully saturated rings. The highest BCUT2D eigenvalue weighted by Crippen LogP contribution is 2.26. The molecule has 0 radical (unpaired) electrons. The van der Waals surface area contributed by atoms with Gasteiger partial charge in [-0.3, -0.25) is 4.79 Å². The number of fused-ring (bicyclic) bond motifs is 1. The third kappa shape index (κ3) is 3.74. The van der Waals surface area contributed by atoms with Crippen molar-refractivity contribution < 1.29 is 9.53 Å². The Bertz CT molecular complexity index is 934. The Balaban J connectivity index is 1.56. The number of nitrogens with zero attached hydrogens (tertiary/aromatic N) is 3. The van der Waals surface area contributed by atoms with E-state index in [0.717, 1.165) is 54.6 Å². The minimum atomic E-state index is 0.0816. The van der Waals surface area contributed by atoms with Crippen LogP contribution in [0.5, 0.6) is 0 Å². The predicted octanol–water partition coefficient (Wildman–Crippen LogP) is 4.03. The quantitative estimate of drug-likeness (QED) is 0.687. The van der Waals surface area contributed by atoms with Gasteiger partial charge in [-0.1, -0.05) is 25.1 Å². The number of benzene rings is 1. The van der Waals surface area contributed by atoms with Crippen LogP contribution < -0.4 is 0 Å². The summed E-state index contributed by atoms with van der Waals surface area (Å²) in [5.41, 5.74) is 3.80. The molecule has 1 aromatic carbocycles. The lowest BCUT2D eigenvalue weighted by atomic mass is 10.0. The molecule has 0 unspecified atom stereocenters. The fourth-order valence-corrected chi connectivity index (χ4v) is 3.70. The van der Waals surface area contributed by atoms with Crippen LogP contribution in [-0.2, 0) is 4.74 Å². The molecule has 27 heavy (non-hydrogen) atoms. The van der Waals surface area contributed by atoms with E-state index in [-0.39, 0.29) is 12.0 Å². The molecule has 2 aromatic heterocycles. The fourth-order valence-electron chi connectivity index (χ4n) is 3.70. The molecule has 3 aromatic rings. The van der Waals surface area contributed by atoms with Gasteiger partial charge in [0.05, 0.1) is 17.8 Å². The van der Waals surface area contributed by atoms with Crippen LogP contribution in [0.15, 0.2) is 54.9 Å². The van der Waals surface area contributed by atoms with Gasteiger partial charge in [-0.05, 0) is 49.1 Å². The first kappa shape index (κ1) is 17.7. The molecule has 1 amide bonds. The van der Waals surface area contributed by atoms with Crippen LogP contribution in [0.2, 0.25) is 0 Å². The van der Waals surface area contributed by atoms with E-state index in [4.69, 9.17) is 4.74 Å². The van der Waals surface area contributed by atoms with Gasteiger partial charge in [-0.2, -0.15) is 5.10 Å². The number of hydrogen-bond acceptors (Lipinski definition) is 3. The molecule has 5 heteroatoms. The van der Waals surface area contributed by atoms with Gasteiger partial charge in [-0.25, -0.2) is 4.52 Å². The standard InChI is InChI=1S/C22H25N3O2/c1-2-13-27-19-9-6-11-24(16-19)22(26)18-8-5-7-17(14-18)20-15-23-25-12-4-3-10-21(20)25/h3-5,7-8,10,12,14-15,19H,2,6,9,11,13,16H2,1H3/t19-/m1/s1. The largest absolute Gasteiger partial charge is 0.376 e. The molecule has 0 N–H and O–H groups in total. The summed E-state index contributed by atoms with van der Waals surface area (Å²) in [6, 6.07) is 13.8. The van der Waals surface area contributed by atoms with Crippen molar-refractivity contribution in [2.45, 2.75) is 32.3 Å². The van der Waals surface area contributed by atoms with Crippen molar-refractivity contribution in [1.82, 2.24) is 14.5 Å². The summed E-state index contributed by atoms with van der Waals surface area (Å²) in [4.78, 5) is 15.0. The number of ether oxygens (including phenoxy) is 1. The molecule has 0 bridgehead atoms. The number of likely N-dealkylation sites (tertiary alicyclic amines) is 1. The van der Waals surface area contributed by atoms with Gasteiger partial charge < -0.3 is 9.64 Å². The highest BCUT2D eigenvalue weighted by atomic mass is 16.5. The van der Waals surface area contributed by atoms with Crippen molar-refractivity contribution in [3.63, 3.8) is 0 Å². The molecule has 1 atom stereocenters. The van der Waals surface area contributed by atoms with Crippen molar-refractivity contribution in [3.05, 3.63) is 60.4 Å². The van der Waals surface area contributed by atoms with Crippen LogP contribution in [0.1, 0.15) is 36.5 Å². The van der Waals surface area contributed by atoms with Crippen LogP contribution >= 0.6 is 0 Å². The Kier molecular flexibility index (Phi) is 5.21. The molecule has 0 saturated carbocycles. The minimum absolute atomic E-state index is 0.0816. The van der Waals surface area contributed by atoms with Gasteiger partial charge in [0.2, 0.25) is 0 Å². The predicted molar refractivity (Wildman–Crippen MR) is 106 cm³/mol. The van der Waals surface area contributed by atoms with E-state index >= 15 is 0 Å². The second kappa shape index (κ2) is 7.92. The maximum Gasteiger partial charge on any atom is 0.253 e. The lowest BCUT2D eigenvalue weighted by Crippen LogP contribution is -2.43. The minimum Gasteiger partial charge on any atom is -0.376 e. The molecule has 0 aliphatic carbocycles. The molecule has 1 aliphatic heterocycles. The van der Waals surface area contributed by atoms with Gasteiger partial charge in [-0.15, -0.1) is 0 Å². The summed E-state index contributed by atoms with van der Waals surface area (Å²) < 4.78 is 7.73. The summed E-state index contributed by atoms with van der Waals surface area (Å²) in [5, 5.41) is 4.40. The zero-order valence-electron chi connectivity index (χ0n) is 15.7. The number of pyridine rings is 1. The van der Waals surface area contributed by atoms with E-state index in [2.05, 4.69) is 12.0 Å². The maximum atomic E-state index is 13.1. The first-order valence-electron chi connectivity index (χ1n) is 9.70. The zero-order chi connectivity index (χ0) is 18.6. The van der Waals surface area contributed by atoms with Gasteiger partial charge >= 0.3 is 0 Å². The summed E-state index contributed by atoms with van der Waals surface area (Å²) in [6.07, 6.45) is 6.98. The molecular weight excluding hydrogens is 338 g/mol. The van der Waals surface area contributed by atoms with Crippen molar-refractivity contribution >= 4 is 11.4 Å². The molecule has 3 heterocycles. The number of rotatable bonds is 5. The van der Waals surface area contributed by atoms with E-state index in [9.17, 15) is 4.79 Å². The number of amides is 1. The van der Waals surface area contributed by atoms with Gasteiger partial charge in [0, 0.05) is 37.0 Å². The average Bonchev–Trinajstić information content (AvgIpc) is 3.16. The van der Waals surface area contributed by atoms with Crippen LogP contribution in [-0.4, -0.2) is 46.2 Å². The Morgan fingerprint density at radius 3 is 3.07 bits per heavy atom. The number of carbonyl (C=O) groups excluding carboxylic acids is 1. The molecule has 1 saturated heterocycles. The van der Waals surface area contributed by atoms with Gasteiger partial charge in [0.15, 0.2) is 0 Å². The SMILES string of the molecule is CCCO[C@@H]1CCCN(C(=O)c2cccc(-c3cnn4ccccc34)c2)C1. The normalized spacial score (nSPS) is 17.4. The van der Waals surface area contributed by atoms with Crippen molar-refractivity contribution in [2.24, 2.45) is 0 Å². The number of hydrogen-bond donors (Lipinski definition) is 0. The van der Waals surface area contributed by atoms with Gasteiger partial charge in [0.1, 0.15) is 0 Å². The van der Waals surface area contributed by atoms with E-state index in [1.165, 1.54) is 0 Å². The summed E-state index contributed by atoms with van der Waals surface area (Å²) >= 11 is 0. The zero-order valence-corrected chi connectivity index (χ0v) is 15.7.